The summed E-state index contributed by atoms with van der Waals surface area (Å²) in [6, 6.07) is 7.43. The maximum Gasteiger partial charge on any atom is 0.228 e. The zero-order valence-electron chi connectivity index (χ0n) is 16.4. The van der Waals surface area contributed by atoms with Gasteiger partial charge in [0, 0.05) is 37.1 Å². The lowest BCUT2D eigenvalue weighted by Gasteiger charge is -2.24. The molecule has 9 nitrogen and oxygen atoms in total. The van der Waals surface area contributed by atoms with Crippen molar-refractivity contribution in [1.82, 2.24) is 35.5 Å². The van der Waals surface area contributed by atoms with Gasteiger partial charge in [-0.15, -0.1) is 0 Å². The lowest BCUT2D eigenvalue weighted by Crippen LogP contribution is -2.42. The van der Waals surface area contributed by atoms with Gasteiger partial charge in [-0.1, -0.05) is 16.8 Å². The Labute approximate surface area is 173 Å². The molecule has 0 spiro atoms. The molecule has 29 heavy (non-hydrogen) atoms. The number of guanidine groups is 1. The summed E-state index contributed by atoms with van der Waals surface area (Å²) in [7, 11) is 1.75. The van der Waals surface area contributed by atoms with Crippen molar-refractivity contribution in [2.24, 2.45) is 4.99 Å². The monoisotopic (exact) mass is 414 g/mol. The Morgan fingerprint density at radius 2 is 2.14 bits per heavy atom. The van der Waals surface area contributed by atoms with E-state index in [9.17, 15) is 0 Å². The first-order chi connectivity index (χ1) is 14.1. The van der Waals surface area contributed by atoms with Crippen molar-refractivity contribution in [3.63, 3.8) is 0 Å². The largest absolute Gasteiger partial charge is 0.356 e. The van der Waals surface area contributed by atoms with Gasteiger partial charge in [-0.05, 0) is 44.0 Å². The van der Waals surface area contributed by atoms with Crippen LogP contribution in [0.3, 0.4) is 0 Å². The summed E-state index contributed by atoms with van der Waals surface area (Å²) < 4.78 is 7.32. The molecular weight excluding hydrogens is 392 g/mol. The van der Waals surface area contributed by atoms with Crippen LogP contribution in [0, 0.1) is 6.92 Å². The molecule has 10 heteroatoms. The number of hydrogen-bond acceptors (Lipinski definition) is 6. The van der Waals surface area contributed by atoms with Gasteiger partial charge in [-0.25, -0.2) is 9.67 Å². The van der Waals surface area contributed by atoms with E-state index in [2.05, 4.69) is 35.8 Å². The summed E-state index contributed by atoms with van der Waals surface area (Å²) in [5, 5.41) is 15.9. The minimum Gasteiger partial charge on any atom is -0.356 e. The minimum atomic E-state index is 0.0936. The third-order valence-electron chi connectivity index (χ3n) is 4.72. The van der Waals surface area contributed by atoms with Crippen molar-refractivity contribution < 1.29 is 4.52 Å². The number of rotatable bonds is 5. The van der Waals surface area contributed by atoms with E-state index in [0.717, 1.165) is 36.6 Å². The van der Waals surface area contributed by atoms with E-state index in [0.29, 0.717) is 35.7 Å². The molecule has 152 valence electrons. The van der Waals surface area contributed by atoms with Gasteiger partial charge < -0.3 is 15.2 Å². The van der Waals surface area contributed by atoms with Gasteiger partial charge in [0.15, 0.2) is 5.96 Å². The third-order valence-corrected chi connectivity index (χ3v) is 4.97. The second-order valence-electron chi connectivity index (χ2n) is 6.85. The SMILES string of the molecule is CN=C(NCCc1nc(-c2ccc(Cl)cc2)no1)NC1CCCn2nc(C)nc21. The number of nitrogens with one attached hydrogen (secondary N) is 2. The van der Waals surface area contributed by atoms with Crippen molar-refractivity contribution in [1.29, 1.82) is 0 Å². The fourth-order valence-corrected chi connectivity index (χ4v) is 3.45. The normalized spacial score (nSPS) is 16.5. The average molecular weight is 415 g/mol. The topological polar surface area (TPSA) is 106 Å². The second-order valence-corrected chi connectivity index (χ2v) is 7.28. The number of hydrogen-bond donors (Lipinski definition) is 2. The molecule has 3 heterocycles. The molecule has 0 aliphatic carbocycles. The van der Waals surface area contributed by atoms with E-state index in [1.165, 1.54) is 0 Å². The summed E-state index contributed by atoms with van der Waals surface area (Å²) in [6.45, 7) is 3.44. The number of nitrogens with zero attached hydrogens (tertiary/aromatic N) is 6. The Morgan fingerprint density at radius 3 is 2.93 bits per heavy atom. The maximum atomic E-state index is 5.92. The fraction of sp³-hybridized carbons (Fsp3) is 0.421. The molecule has 1 aliphatic heterocycles. The smallest absolute Gasteiger partial charge is 0.228 e. The van der Waals surface area contributed by atoms with Crippen molar-refractivity contribution in [2.75, 3.05) is 13.6 Å². The molecule has 2 aromatic heterocycles. The fourth-order valence-electron chi connectivity index (χ4n) is 3.33. The Bertz CT molecular complexity index is 994. The molecule has 0 fully saturated rings. The highest BCUT2D eigenvalue weighted by Crippen LogP contribution is 2.23. The van der Waals surface area contributed by atoms with Gasteiger partial charge in [-0.3, -0.25) is 4.99 Å². The quantitative estimate of drug-likeness (QED) is 0.488. The minimum absolute atomic E-state index is 0.0936. The highest BCUT2D eigenvalue weighted by atomic mass is 35.5. The molecule has 0 saturated carbocycles. The van der Waals surface area contributed by atoms with E-state index in [-0.39, 0.29) is 6.04 Å². The van der Waals surface area contributed by atoms with Crippen LogP contribution in [0.5, 0.6) is 0 Å². The van der Waals surface area contributed by atoms with E-state index in [1.54, 1.807) is 19.2 Å². The van der Waals surface area contributed by atoms with Gasteiger partial charge in [0.25, 0.3) is 0 Å². The number of aryl methyl sites for hydroxylation is 2. The summed E-state index contributed by atoms with van der Waals surface area (Å²) in [6.07, 6.45) is 2.63. The zero-order chi connectivity index (χ0) is 20.2. The summed E-state index contributed by atoms with van der Waals surface area (Å²) >= 11 is 5.92. The predicted molar refractivity (Wildman–Crippen MR) is 110 cm³/mol. The summed E-state index contributed by atoms with van der Waals surface area (Å²) in [4.78, 5) is 13.3. The zero-order valence-corrected chi connectivity index (χ0v) is 17.1. The lowest BCUT2D eigenvalue weighted by atomic mass is 10.1. The Kier molecular flexibility index (Phi) is 5.75. The standard InChI is InChI=1S/C19H23ClN8O/c1-12-23-18-15(4-3-11-28(18)26-12)24-19(21-2)22-10-9-16-25-17(27-29-16)13-5-7-14(20)8-6-13/h5-8,15H,3-4,9-11H2,1-2H3,(H2,21,22,24). The van der Waals surface area contributed by atoms with E-state index in [4.69, 9.17) is 16.1 Å². The number of benzene rings is 1. The first-order valence-electron chi connectivity index (χ1n) is 9.59. The van der Waals surface area contributed by atoms with Gasteiger partial charge in [0.1, 0.15) is 11.6 Å². The molecule has 0 amide bonds. The molecule has 4 rings (SSSR count). The van der Waals surface area contributed by atoms with Crippen LogP contribution in [-0.4, -0.2) is 44.5 Å². The first-order valence-corrected chi connectivity index (χ1v) is 9.97. The van der Waals surface area contributed by atoms with Crippen LogP contribution in [-0.2, 0) is 13.0 Å². The van der Waals surface area contributed by atoms with Gasteiger partial charge in [0.2, 0.25) is 11.7 Å². The van der Waals surface area contributed by atoms with Crippen molar-refractivity contribution in [3.05, 3.63) is 46.8 Å². The maximum absolute atomic E-state index is 5.92. The van der Waals surface area contributed by atoms with Crippen LogP contribution in [0.15, 0.2) is 33.8 Å². The van der Waals surface area contributed by atoms with Gasteiger partial charge in [0.05, 0.1) is 6.04 Å². The average Bonchev–Trinajstić information content (AvgIpc) is 3.34. The van der Waals surface area contributed by atoms with Crippen LogP contribution in [0.1, 0.15) is 36.4 Å². The molecule has 3 aromatic rings. The van der Waals surface area contributed by atoms with Crippen molar-refractivity contribution in [3.8, 4) is 11.4 Å². The number of aromatic nitrogens is 5. The van der Waals surface area contributed by atoms with Gasteiger partial charge in [-0.2, -0.15) is 10.1 Å². The Hall–Kier alpha value is -2.94. The molecule has 1 atom stereocenters. The van der Waals surface area contributed by atoms with Crippen LogP contribution < -0.4 is 10.6 Å². The molecule has 2 N–H and O–H groups in total. The van der Waals surface area contributed by atoms with Crippen LogP contribution in [0.25, 0.3) is 11.4 Å². The Balaban J connectivity index is 1.31. The molecule has 1 aromatic carbocycles. The number of fused-ring (bicyclic) bond motifs is 1. The third kappa shape index (κ3) is 4.56. The highest BCUT2D eigenvalue weighted by molar-refractivity contribution is 6.30. The predicted octanol–water partition coefficient (Wildman–Crippen LogP) is 2.53. The van der Waals surface area contributed by atoms with Crippen molar-refractivity contribution in [2.45, 2.75) is 38.8 Å². The van der Waals surface area contributed by atoms with Gasteiger partial charge >= 0.3 is 0 Å². The summed E-state index contributed by atoms with van der Waals surface area (Å²) in [5.41, 5.74) is 0.867. The molecule has 0 bridgehead atoms. The lowest BCUT2D eigenvalue weighted by molar-refractivity contribution is 0.377. The van der Waals surface area contributed by atoms with Crippen LogP contribution in [0.2, 0.25) is 5.02 Å². The van der Waals surface area contributed by atoms with Crippen molar-refractivity contribution >= 4 is 17.6 Å². The molecule has 0 radical (unpaired) electrons. The molecule has 0 saturated heterocycles. The molecular formula is C19H23ClN8O. The number of halogens is 1. The first kappa shape index (κ1) is 19.4. The van der Waals surface area contributed by atoms with E-state index >= 15 is 0 Å². The summed E-state index contributed by atoms with van der Waals surface area (Å²) in [5.74, 6) is 3.58. The van der Waals surface area contributed by atoms with Crippen LogP contribution in [0.4, 0.5) is 0 Å². The highest BCUT2D eigenvalue weighted by Gasteiger charge is 2.24. The van der Waals surface area contributed by atoms with E-state index in [1.807, 2.05) is 23.7 Å². The second kappa shape index (κ2) is 8.60. The number of aliphatic imine (C=N–C) groups is 1. The molecule has 1 unspecified atom stereocenters. The van der Waals surface area contributed by atoms with Crippen LogP contribution >= 0.6 is 11.6 Å². The van der Waals surface area contributed by atoms with E-state index < -0.39 is 0 Å². The Morgan fingerprint density at radius 1 is 1.31 bits per heavy atom. The molecule has 1 aliphatic rings.